The van der Waals surface area contributed by atoms with Crippen molar-refractivity contribution in [3.63, 3.8) is 0 Å². The van der Waals surface area contributed by atoms with Crippen LogP contribution in [0.2, 0.25) is 0 Å². The summed E-state index contributed by atoms with van der Waals surface area (Å²) in [6, 6.07) is 7.74. The quantitative estimate of drug-likeness (QED) is 0.772. The molecule has 0 N–H and O–H groups in total. The fourth-order valence-corrected chi connectivity index (χ4v) is 4.39. The summed E-state index contributed by atoms with van der Waals surface area (Å²) >= 11 is 0. The highest BCUT2D eigenvalue weighted by molar-refractivity contribution is 5.78. The molecule has 2 aliphatic heterocycles. The highest BCUT2D eigenvalue weighted by Crippen LogP contribution is 2.18. The van der Waals surface area contributed by atoms with E-state index >= 15 is 0 Å². The first-order valence-corrected chi connectivity index (χ1v) is 10.9. The van der Waals surface area contributed by atoms with Crippen LogP contribution in [0.5, 0.6) is 0 Å². The van der Waals surface area contributed by atoms with E-state index in [-0.39, 0.29) is 11.5 Å². The maximum atomic E-state index is 13.3. The molecule has 7 nitrogen and oxygen atoms in total. The molecule has 0 radical (unpaired) electrons. The number of aromatic nitrogens is 2. The third kappa shape index (κ3) is 4.29. The van der Waals surface area contributed by atoms with Gasteiger partial charge in [-0.3, -0.25) is 9.59 Å². The lowest BCUT2D eigenvalue weighted by molar-refractivity contribution is -0.133. The number of hydrogen-bond donors (Lipinski definition) is 0. The van der Waals surface area contributed by atoms with E-state index < -0.39 is 0 Å². The third-order valence-corrected chi connectivity index (χ3v) is 6.21. The van der Waals surface area contributed by atoms with Crippen LogP contribution in [0, 0.1) is 0 Å². The molecule has 0 unspecified atom stereocenters. The van der Waals surface area contributed by atoms with Gasteiger partial charge in [0.15, 0.2) is 5.82 Å². The smallest absolute Gasteiger partial charge is 0.294 e. The van der Waals surface area contributed by atoms with Gasteiger partial charge in [-0.1, -0.05) is 19.1 Å². The highest BCUT2D eigenvalue weighted by Gasteiger charge is 2.22. The van der Waals surface area contributed by atoms with Crippen molar-refractivity contribution in [1.82, 2.24) is 19.4 Å². The molecule has 156 valence electrons. The molecule has 29 heavy (non-hydrogen) atoms. The van der Waals surface area contributed by atoms with Crippen LogP contribution < -0.4 is 10.5 Å². The van der Waals surface area contributed by atoms with Crippen LogP contribution in [0.3, 0.4) is 0 Å². The number of likely N-dealkylation sites (N-methyl/N-ethyl adjacent to an activating group) is 1. The van der Waals surface area contributed by atoms with E-state index in [0.29, 0.717) is 18.8 Å². The lowest BCUT2D eigenvalue weighted by Gasteiger charge is -2.34. The molecule has 2 aromatic rings. The summed E-state index contributed by atoms with van der Waals surface area (Å²) in [5, 5.41) is 0. The fraction of sp³-hybridized carbons (Fsp3) is 0.591. The summed E-state index contributed by atoms with van der Waals surface area (Å²) in [4.78, 5) is 37.1. The van der Waals surface area contributed by atoms with E-state index in [0.717, 1.165) is 69.7 Å². The molecule has 0 spiro atoms. The molecule has 1 aromatic heterocycles. The number of fused-ring (bicyclic) bond motifs is 1. The van der Waals surface area contributed by atoms with Crippen molar-refractivity contribution >= 4 is 22.8 Å². The molecule has 2 fully saturated rings. The Kier molecular flexibility index (Phi) is 6.13. The molecule has 0 aliphatic carbocycles. The van der Waals surface area contributed by atoms with E-state index in [4.69, 9.17) is 0 Å². The molecule has 3 heterocycles. The number of piperidine rings is 1. The number of benzene rings is 1. The number of amides is 1. The maximum absolute atomic E-state index is 13.3. The van der Waals surface area contributed by atoms with Crippen LogP contribution in [-0.4, -0.2) is 71.1 Å². The Labute approximate surface area is 171 Å². The first kappa shape index (κ1) is 19.9. The van der Waals surface area contributed by atoms with Gasteiger partial charge in [-0.2, -0.15) is 0 Å². The van der Waals surface area contributed by atoms with Gasteiger partial charge in [-0.05, 0) is 37.9 Å². The minimum Gasteiger partial charge on any atom is -0.352 e. The Morgan fingerprint density at radius 3 is 2.45 bits per heavy atom. The molecule has 1 aromatic carbocycles. The molecule has 1 amide bonds. The lowest BCUT2D eigenvalue weighted by Crippen LogP contribution is -2.48. The molecule has 0 saturated carbocycles. The molecular weight excluding hydrogens is 366 g/mol. The van der Waals surface area contributed by atoms with Crippen molar-refractivity contribution < 1.29 is 4.79 Å². The molecule has 2 aliphatic rings. The molecular formula is C22H31N5O2. The Morgan fingerprint density at radius 1 is 1.00 bits per heavy atom. The maximum Gasteiger partial charge on any atom is 0.294 e. The van der Waals surface area contributed by atoms with Gasteiger partial charge in [0.05, 0.1) is 11.0 Å². The summed E-state index contributed by atoms with van der Waals surface area (Å²) in [5.74, 6) is 0.667. The normalized spacial score (nSPS) is 18.4. The van der Waals surface area contributed by atoms with Gasteiger partial charge in [-0.15, -0.1) is 0 Å². The standard InChI is InChI=1S/C22H31N5O2/c1-2-24-14-16-25(17-15-24)20(28)10-13-27-19-9-5-4-8-18(19)23-21(22(27)29)26-11-6-3-7-12-26/h4-5,8-9H,2-3,6-7,10-17H2,1H3. The number of para-hydroxylation sites is 2. The third-order valence-electron chi connectivity index (χ3n) is 6.21. The number of nitrogens with zero attached hydrogens (tertiary/aromatic N) is 5. The first-order chi connectivity index (χ1) is 14.2. The van der Waals surface area contributed by atoms with E-state index in [9.17, 15) is 9.59 Å². The van der Waals surface area contributed by atoms with Gasteiger partial charge in [0, 0.05) is 52.2 Å². The summed E-state index contributed by atoms with van der Waals surface area (Å²) in [5.41, 5.74) is 1.55. The second-order valence-electron chi connectivity index (χ2n) is 7.99. The number of hydrogen-bond acceptors (Lipinski definition) is 5. The lowest BCUT2D eigenvalue weighted by atomic mass is 10.1. The van der Waals surface area contributed by atoms with Gasteiger partial charge < -0.3 is 19.3 Å². The summed E-state index contributed by atoms with van der Waals surface area (Å²) < 4.78 is 1.76. The topological polar surface area (TPSA) is 61.7 Å². The predicted octanol–water partition coefficient (Wildman–Crippen LogP) is 1.94. The van der Waals surface area contributed by atoms with Crippen molar-refractivity contribution in [2.24, 2.45) is 0 Å². The zero-order valence-electron chi connectivity index (χ0n) is 17.3. The number of anilines is 1. The van der Waals surface area contributed by atoms with Crippen LogP contribution in [0.4, 0.5) is 5.82 Å². The minimum atomic E-state index is -0.0748. The van der Waals surface area contributed by atoms with Crippen LogP contribution in [0.25, 0.3) is 11.0 Å². The largest absolute Gasteiger partial charge is 0.352 e. The number of carbonyl (C=O) groups excluding carboxylic acids is 1. The van der Waals surface area contributed by atoms with Gasteiger partial charge in [0.1, 0.15) is 0 Å². The fourth-order valence-electron chi connectivity index (χ4n) is 4.39. The van der Waals surface area contributed by atoms with Gasteiger partial charge in [0.2, 0.25) is 5.91 Å². The number of rotatable bonds is 5. The summed E-state index contributed by atoms with van der Waals surface area (Å²) in [6.45, 7) is 8.74. The Bertz CT molecular complexity index is 911. The summed E-state index contributed by atoms with van der Waals surface area (Å²) in [7, 11) is 0. The van der Waals surface area contributed by atoms with Crippen LogP contribution in [0.1, 0.15) is 32.6 Å². The van der Waals surface area contributed by atoms with Crippen LogP contribution in [-0.2, 0) is 11.3 Å². The first-order valence-electron chi connectivity index (χ1n) is 10.9. The summed E-state index contributed by atoms with van der Waals surface area (Å²) in [6.07, 6.45) is 3.74. The second-order valence-corrected chi connectivity index (χ2v) is 7.99. The van der Waals surface area contributed by atoms with E-state index in [1.165, 1.54) is 6.42 Å². The number of carbonyl (C=O) groups is 1. The minimum absolute atomic E-state index is 0.0748. The van der Waals surface area contributed by atoms with Gasteiger partial charge in [-0.25, -0.2) is 4.98 Å². The average Bonchev–Trinajstić information content (AvgIpc) is 2.78. The molecule has 0 bridgehead atoms. The SMILES string of the molecule is CCN1CCN(C(=O)CCn2c(=O)c(N3CCCCC3)nc3ccccc32)CC1. The molecule has 0 atom stereocenters. The Morgan fingerprint density at radius 2 is 1.72 bits per heavy atom. The molecule has 4 rings (SSSR count). The van der Waals surface area contributed by atoms with Gasteiger partial charge in [0.25, 0.3) is 5.56 Å². The number of piperazine rings is 1. The van der Waals surface area contributed by atoms with Crippen molar-refractivity contribution in [3.8, 4) is 0 Å². The monoisotopic (exact) mass is 397 g/mol. The average molecular weight is 398 g/mol. The zero-order chi connectivity index (χ0) is 20.2. The van der Waals surface area contributed by atoms with Crippen LogP contribution in [0.15, 0.2) is 29.1 Å². The van der Waals surface area contributed by atoms with Crippen molar-refractivity contribution in [3.05, 3.63) is 34.6 Å². The highest BCUT2D eigenvalue weighted by atomic mass is 16.2. The van der Waals surface area contributed by atoms with Crippen molar-refractivity contribution in [1.29, 1.82) is 0 Å². The Hall–Kier alpha value is -2.41. The van der Waals surface area contributed by atoms with E-state index in [2.05, 4.69) is 21.7 Å². The van der Waals surface area contributed by atoms with E-state index in [1.807, 2.05) is 29.2 Å². The molecule has 2 saturated heterocycles. The van der Waals surface area contributed by atoms with E-state index in [1.54, 1.807) is 4.57 Å². The Balaban J connectivity index is 1.55. The number of aryl methyl sites for hydroxylation is 1. The van der Waals surface area contributed by atoms with Gasteiger partial charge >= 0.3 is 0 Å². The second kappa shape index (κ2) is 8.95. The zero-order valence-corrected chi connectivity index (χ0v) is 17.3. The molecule has 7 heteroatoms. The van der Waals surface area contributed by atoms with Crippen LogP contribution >= 0.6 is 0 Å². The predicted molar refractivity (Wildman–Crippen MR) is 115 cm³/mol. The van der Waals surface area contributed by atoms with Crippen molar-refractivity contribution in [2.75, 3.05) is 50.7 Å². The van der Waals surface area contributed by atoms with Crippen molar-refractivity contribution in [2.45, 2.75) is 39.2 Å².